The van der Waals surface area contributed by atoms with Gasteiger partial charge in [0.05, 0.1) is 0 Å². The molecule has 1 aliphatic carbocycles. The second kappa shape index (κ2) is 6.19. The van der Waals surface area contributed by atoms with Crippen molar-refractivity contribution in [3.63, 3.8) is 0 Å². The topological polar surface area (TPSA) is 29.3 Å². The fourth-order valence-electron chi connectivity index (χ4n) is 3.27. The van der Waals surface area contributed by atoms with E-state index in [0.29, 0.717) is 0 Å². The lowest BCUT2D eigenvalue weighted by Crippen LogP contribution is -2.48. The summed E-state index contributed by atoms with van der Waals surface area (Å²) in [5, 5.41) is 0. The largest absolute Gasteiger partial charge is 0.330 e. The van der Waals surface area contributed by atoms with Crippen molar-refractivity contribution in [2.24, 2.45) is 23.0 Å². The summed E-state index contributed by atoms with van der Waals surface area (Å²) in [4.78, 5) is 2.67. The third-order valence-electron chi connectivity index (χ3n) is 4.45. The van der Waals surface area contributed by atoms with Gasteiger partial charge in [-0.1, -0.05) is 34.6 Å². The number of rotatable bonds is 5. The lowest BCUT2D eigenvalue weighted by molar-refractivity contribution is 0.0666. The van der Waals surface area contributed by atoms with Gasteiger partial charge in [0.1, 0.15) is 0 Å². The summed E-state index contributed by atoms with van der Waals surface area (Å²) in [7, 11) is 0. The number of hydrogen-bond donors (Lipinski definition) is 1. The molecule has 1 fully saturated rings. The molecule has 1 saturated carbocycles. The smallest absolute Gasteiger partial charge is 0.0121 e. The Kier molecular flexibility index (Phi) is 5.46. The van der Waals surface area contributed by atoms with Gasteiger partial charge in [-0.15, -0.1) is 0 Å². The highest BCUT2D eigenvalue weighted by atomic mass is 15.2. The fraction of sp³-hybridized carbons (Fsp3) is 1.00. The molecule has 2 N–H and O–H groups in total. The molecule has 0 aromatic rings. The molecule has 3 unspecified atom stereocenters. The maximum atomic E-state index is 5.87. The minimum absolute atomic E-state index is 0.249. The van der Waals surface area contributed by atoms with Crippen LogP contribution in [0, 0.1) is 17.3 Å². The van der Waals surface area contributed by atoms with Crippen LogP contribution in [0.5, 0.6) is 0 Å². The van der Waals surface area contributed by atoms with Crippen LogP contribution in [0.25, 0.3) is 0 Å². The summed E-state index contributed by atoms with van der Waals surface area (Å²) in [5.74, 6) is 1.76. The molecular weight excluding hydrogens is 208 g/mol. The van der Waals surface area contributed by atoms with Crippen molar-refractivity contribution in [1.82, 2.24) is 4.90 Å². The minimum Gasteiger partial charge on any atom is -0.330 e. The van der Waals surface area contributed by atoms with E-state index in [1.165, 1.54) is 19.3 Å². The predicted octanol–water partition coefficient (Wildman–Crippen LogP) is 3.12. The normalized spacial score (nSPS) is 30.9. The summed E-state index contributed by atoms with van der Waals surface area (Å²) in [6.07, 6.45) is 4.16. The van der Waals surface area contributed by atoms with Gasteiger partial charge in [0.15, 0.2) is 0 Å². The Balaban J connectivity index is 2.61. The number of hydrogen-bond acceptors (Lipinski definition) is 2. The molecule has 0 saturated heterocycles. The molecule has 0 aromatic heterocycles. The van der Waals surface area contributed by atoms with Gasteiger partial charge in [-0.25, -0.2) is 0 Å². The van der Waals surface area contributed by atoms with Gasteiger partial charge in [-0.2, -0.15) is 0 Å². The quantitative estimate of drug-likeness (QED) is 0.800. The standard InChI is InChI=1S/C15H32N2/c1-6-17(11-15(4,5)10-16)14-8-7-12(2)9-13(14)3/h12-14H,6-11,16H2,1-5H3. The molecule has 1 rings (SSSR count). The molecule has 0 heterocycles. The summed E-state index contributed by atoms with van der Waals surface area (Å²) >= 11 is 0. The zero-order valence-electron chi connectivity index (χ0n) is 12.5. The van der Waals surface area contributed by atoms with E-state index in [4.69, 9.17) is 5.73 Å². The second-order valence-corrected chi connectivity index (χ2v) is 6.89. The third kappa shape index (κ3) is 4.26. The van der Waals surface area contributed by atoms with Crippen LogP contribution in [0.1, 0.15) is 53.9 Å². The van der Waals surface area contributed by atoms with Gasteiger partial charge in [0, 0.05) is 12.6 Å². The fourth-order valence-corrected chi connectivity index (χ4v) is 3.27. The molecular formula is C15H32N2. The number of nitrogens with two attached hydrogens (primary N) is 1. The first kappa shape index (κ1) is 15.0. The Hall–Kier alpha value is -0.0800. The van der Waals surface area contributed by atoms with E-state index in [0.717, 1.165) is 37.5 Å². The molecule has 0 aliphatic heterocycles. The van der Waals surface area contributed by atoms with Crippen molar-refractivity contribution >= 4 is 0 Å². The van der Waals surface area contributed by atoms with Gasteiger partial charge in [-0.3, -0.25) is 4.90 Å². The van der Waals surface area contributed by atoms with Gasteiger partial charge >= 0.3 is 0 Å². The molecule has 17 heavy (non-hydrogen) atoms. The first-order valence-corrected chi connectivity index (χ1v) is 7.33. The van der Waals surface area contributed by atoms with E-state index in [9.17, 15) is 0 Å². The van der Waals surface area contributed by atoms with E-state index in [-0.39, 0.29) is 5.41 Å². The van der Waals surface area contributed by atoms with E-state index in [2.05, 4.69) is 39.5 Å². The van der Waals surface area contributed by atoms with Crippen molar-refractivity contribution in [3.05, 3.63) is 0 Å². The van der Waals surface area contributed by atoms with Crippen LogP contribution < -0.4 is 5.73 Å². The molecule has 0 amide bonds. The van der Waals surface area contributed by atoms with Gasteiger partial charge in [-0.05, 0) is 49.6 Å². The van der Waals surface area contributed by atoms with Crippen molar-refractivity contribution in [2.45, 2.75) is 59.9 Å². The van der Waals surface area contributed by atoms with Crippen molar-refractivity contribution < 1.29 is 0 Å². The highest BCUT2D eigenvalue weighted by molar-refractivity contribution is 4.86. The molecule has 0 bridgehead atoms. The minimum atomic E-state index is 0.249. The molecule has 0 aromatic carbocycles. The van der Waals surface area contributed by atoms with E-state index < -0.39 is 0 Å². The zero-order valence-corrected chi connectivity index (χ0v) is 12.5. The van der Waals surface area contributed by atoms with Crippen molar-refractivity contribution in [2.75, 3.05) is 19.6 Å². The molecule has 2 nitrogen and oxygen atoms in total. The summed E-state index contributed by atoms with van der Waals surface area (Å²) in [6, 6.07) is 0.780. The predicted molar refractivity (Wildman–Crippen MR) is 76.0 cm³/mol. The van der Waals surface area contributed by atoms with Crippen molar-refractivity contribution in [1.29, 1.82) is 0 Å². The van der Waals surface area contributed by atoms with E-state index in [1.807, 2.05) is 0 Å². The highest BCUT2D eigenvalue weighted by Crippen LogP contribution is 2.33. The Morgan fingerprint density at radius 1 is 1.24 bits per heavy atom. The van der Waals surface area contributed by atoms with Gasteiger partial charge in [0.2, 0.25) is 0 Å². The van der Waals surface area contributed by atoms with Crippen LogP contribution in [0.15, 0.2) is 0 Å². The molecule has 102 valence electrons. The van der Waals surface area contributed by atoms with Crippen molar-refractivity contribution in [3.8, 4) is 0 Å². The average molecular weight is 240 g/mol. The lowest BCUT2D eigenvalue weighted by atomic mass is 9.78. The van der Waals surface area contributed by atoms with Crippen LogP contribution >= 0.6 is 0 Å². The van der Waals surface area contributed by atoms with Gasteiger partial charge < -0.3 is 5.73 Å². The van der Waals surface area contributed by atoms with Crippen LogP contribution in [0.4, 0.5) is 0 Å². The monoisotopic (exact) mass is 240 g/mol. The van der Waals surface area contributed by atoms with E-state index >= 15 is 0 Å². The molecule has 0 radical (unpaired) electrons. The summed E-state index contributed by atoms with van der Waals surface area (Å²) < 4.78 is 0. The first-order chi connectivity index (χ1) is 7.89. The third-order valence-corrected chi connectivity index (χ3v) is 4.45. The number of nitrogens with zero attached hydrogens (tertiary/aromatic N) is 1. The first-order valence-electron chi connectivity index (χ1n) is 7.33. The average Bonchev–Trinajstić information content (AvgIpc) is 2.26. The zero-order chi connectivity index (χ0) is 13.1. The van der Waals surface area contributed by atoms with Crippen LogP contribution in [-0.4, -0.2) is 30.6 Å². The van der Waals surface area contributed by atoms with Crippen LogP contribution in [-0.2, 0) is 0 Å². The van der Waals surface area contributed by atoms with Crippen LogP contribution in [0.3, 0.4) is 0 Å². The van der Waals surface area contributed by atoms with Crippen LogP contribution in [0.2, 0.25) is 0 Å². The maximum Gasteiger partial charge on any atom is 0.0121 e. The molecule has 0 spiro atoms. The lowest BCUT2D eigenvalue weighted by Gasteiger charge is -2.43. The summed E-state index contributed by atoms with van der Waals surface area (Å²) in [6.45, 7) is 14.8. The Morgan fingerprint density at radius 3 is 2.35 bits per heavy atom. The Bertz CT molecular complexity index is 225. The highest BCUT2D eigenvalue weighted by Gasteiger charge is 2.31. The Labute approximate surface area is 108 Å². The molecule has 1 aliphatic rings. The SMILES string of the molecule is CCN(CC(C)(C)CN)C1CCC(C)CC1C. The molecule has 2 heteroatoms. The van der Waals surface area contributed by atoms with E-state index in [1.54, 1.807) is 0 Å². The van der Waals surface area contributed by atoms with Gasteiger partial charge in [0.25, 0.3) is 0 Å². The second-order valence-electron chi connectivity index (χ2n) is 6.89. The Morgan fingerprint density at radius 2 is 1.88 bits per heavy atom. The molecule has 3 atom stereocenters. The maximum absolute atomic E-state index is 5.87. The summed E-state index contributed by atoms with van der Waals surface area (Å²) in [5.41, 5.74) is 6.12.